The van der Waals surface area contributed by atoms with Crippen LogP contribution in [-0.4, -0.2) is 21.4 Å². The van der Waals surface area contributed by atoms with Crippen molar-refractivity contribution in [1.82, 2.24) is 0 Å². The molecular weight excluding hydrogens is 336 g/mol. The molecule has 124 valence electrons. The van der Waals surface area contributed by atoms with Gasteiger partial charge in [-0.3, -0.25) is 4.55 Å². The number of sulfone groups is 1. The maximum atomic E-state index is 12.5. The first-order valence-electron chi connectivity index (χ1n) is 7.09. The lowest BCUT2D eigenvalue weighted by Gasteiger charge is -2.10. The molecule has 0 radical (unpaired) electrons. The van der Waals surface area contributed by atoms with Gasteiger partial charge >= 0.3 is 0 Å². The Bertz CT molecular complexity index is 880. The summed E-state index contributed by atoms with van der Waals surface area (Å²) >= 11 is 0. The van der Waals surface area contributed by atoms with Gasteiger partial charge in [-0.1, -0.05) is 26.0 Å². The maximum absolute atomic E-state index is 12.5. The number of rotatable bonds is 5. The van der Waals surface area contributed by atoms with E-state index >= 15 is 0 Å². The van der Waals surface area contributed by atoms with Crippen molar-refractivity contribution in [2.45, 2.75) is 40.9 Å². The van der Waals surface area contributed by atoms with Gasteiger partial charge in [-0.25, -0.2) is 8.42 Å². The quantitative estimate of drug-likeness (QED) is 0.833. The van der Waals surface area contributed by atoms with Gasteiger partial charge in [-0.2, -0.15) is 8.42 Å². The van der Waals surface area contributed by atoms with Crippen LogP contribution in [0, 0.1) is 0 Å². The van der Waals surface area contributed by atoms with Crippen molar-refractivity contribution in [1.29, 1.82) is 0 Å². The zero-order valence-electron chi connectivity index (χ0n) is 12.8. The molecule has 0 amide bonds. The van der Waals surface area contributed by atoms with Crippen molar-refractivity contribution in [2.75, 3.05) is 0 Å². The van der Waals surface area contributed by atoms with E-state index < -0.39 is 20.0 Å². The first-order valence-corrected chi connectivity index (χ1v) is 10.0. The Morgan fingerprint density at radius 2 is 1.22 bits per heavy atom. The predicted molar refractivity (Wildman–Crippen MR) is 86.9 cm³/mol. The van der Waals surface area contributed by atoms with Crippen LogP contribution in [-0.2, 0) is 20.0 Å². The largest absolute Gasteiger partial charge is 0.294 e. The zero-order valence-corrected chi connectivity index (χ0v) is 14.4. The third-order valence-electron chi connectivity index (χ3n) is 3.80. The molecule has 0 saturated carbocycles. The van der Waals surface area contributed by atoms with Gasteiger partial charge in [0.1, 0.15) is 0 Å². The summed E-state index contributed by atoms with van der Waals surface area (Å²) in [5.41, 5.74) is 1.06. The van der Waals surface area contributed by atoms with Crippen molar-refractivity contribution in [3.05, 3.63) is 54.1 Å². The van der Waals surface area contributed by atoms with E-state index in [0.717, 1.165) is 24.1 Å². The van der Waals surface area contributed by atoms with E-state index in [2.05, 4.69) is 13.8 Å². The zero-order chi connectivity index (χ0) is 17.3. The standard InChI is InChI=1S/C16H18O5S2/c1-3-12(2)13-4-6-14(7-5-13)22(17,18)15-8-10-16(11-9-15)23(19,20)21/h4-12H,3H2,1-2H3,(H,19,20,21). The molecule has 1 atom stereocenters. The molecule has 1 N–H and O–H groups in total. The van der Waals surface area contributed by atoms with Crippen LogP contribution in [0.1, 0.15) is 31.7 Å². The molecule has 5 nitrogen and oxygen atoms in total. The van der Waals surface area contributed by atoms with Gasteiger partial charge in [-0.05, 0) is 54.3 Å². The summed E-state index contributed by atoms with van der Waals surface area (Å²) in [7, 11) is -8.07. The third-order valence-corrected chi connectivity index (χ3v) is 6.46. The Balaban J connectivity index is 2.38. The number of hydrogen-bond donors (Lipinski definition) is 1. The molecule has 2 aromatic carbocycles. The Morgan fingerprint density at radius 1 is 0.826 bits per heavy atom. The third kappa shape index (κ3) is 3.80. The summed E-state index contributed by atoms with van der Waals surface area (Å²) in [4.78, 5) is -0.228. The monoisotopic (exact) mass is 354 g/mol. The van der Waals surface area contributed by atoms with Gasteiger partial charge in [-0.15, -0.1) is 0 Å². The Labute approximate surface area is 136 Å². The molecule has 0 fully saturated rings. The molecule has 0 aromatic heterocycles. The highest BCUT2D eigenvalue weighted by molar-refractivity contribution is 7.91. The van der Waals surface area contributed by atoms with Crippen LogP contribution < -0.4 is 0 Å². The van der Waals surface area contributed by atoms with Crippen molar-refractivity contribution < 1.29 is 21.4 Å². The molecule has 0 heterocycles. The van der Waals surface area contributed by atoms with Gasteiger partial charge < -0.3 is 0 Å². The maximum Gasteiger partial charge on any atom is 0.294 e. The average molecular weight is 354 g/mol. The van der Waals surface area contributed by atoms with E-state index in [1.165, 1.54) is 12.1 Å². The summed E-state index contributed by atoms with van der Waals surface area (Å²) < 4.78 is 56.0. The molecule has 0 aliphatic heterocycles. The van der Waals surface area contributed by atoms with E-state index in [0.29, 0.717) is 5.92 Å². The molecule has 0 saturated heterocycles. The van der Waals surface area contributed by atoms with E-state index in [9.17, 15) is 16.8 Å². The van der Waals surface area contributed by atoms with Crippen LogP contribution in [0.25, 0.3) is 0 Å². The minimum absolute atomic E-state index is 0.0267. The first kappa shape index (κ1) is 17.7. The lowest BCUT2D eigenvalue weighted by Crippen LogP contribution is -2.04. The van der Waals surface area contributed by atoms with Gasteiger partial charge in [0.2, 0.25) is 9.84 Å². The fourth-order valence-corrected chi connectivity index (χ4v) is 3.88. The van der Waals surface area contributed by atoms with Crippen molar-refractivity contribution in [3.63, 3.8) is 0 Å². The van der Waals surface area contributed by atoms with Crippen LogP contribution in [0.2, 0.25) is 0 Å². The summed E-state index contributed by atoms with van der Waals surface area (Å²) in [5.74, 6) is 0.348. The summed E-state index contributed by atoms with van der Waals surface area (Å²) in [6.07, 6.45) is 0.962. The van der Waals surface area contributed by atoms with Crippen molar-refractivity contribution in [2.24, 2.45) is 0 Å². The molecule has 7 heteroatoms. The molecule has 0 aliphatic carbocycles. The molecule has 0 bridgehead atoms. The topological polar surface area (TPSA) is 88.5 Å². The van der Waals surface area contributed by atoms with Crippen LogP contribution >= 0.6 is 0 Å². The molecule has 2 rings (SSSR count). The van der Waals surface area contributed by atoms with Crippen LogP contribution in [0.15, 0.2) is 63.2 Å². The molecule has 0 spiro atoms. The first-order chi connectivity index (χ1) is 10.7. The SMILES string of the molecule is CCC(C)c1ccc(S(=O)(=O)c2ccc(S(=O)(=O)O)cc2)cc1. The smallest absolute Gasteiger partial charge is 0.282 e. The fraction of sp³-hybridized carbons (Fsp3) is 0.250. The normalized spacial score (nSPS) is 13.7. The van der Waals surface area contributed by atoms with Crippen molar-refractivity contribution in [3.8, 4) is 0 Å². The Hall–Kier alpha value is -1.70. The van der Waals surface area contributed by atoms with Crippen LogP contribution in [0.5, 0.6) is 0 Å². The highest BCUT2D eigenvalue weighted by Gasteiger charge is 2.19. The van der Waals surface area contributed by atoms with Gasteiger partial charge in [0.25, 0.3) is 10.1 Å². The highest BCUT2D eigenvalue weighted by atomic mass is 32.2. The van der Waals surface area contributed by atoms with E-state index in [4.69, 9.17) is 4.55 Å². The number of hydrogen-bond acceptors (Lipinski definition) is 4. The van der Waals surface area contributed by atoms with Gasteiger partial charge in [0.05, 0.1) is 14.7 Å². The second kappa shape index (κ2) is 6.43. The second-order valence-electron chi connectivity index (χ2n) is 5.33. The molecular formula is C16H18O5S2. The summed E-state index contributed by atoms with van der Waals surface area (Å²) in [5, 5.41) is 0. The van der Waals surface area contributed by atoms with Crippen molar-refractivity contribution >= 4 is 20.0 Å². The Morgan fingerprint density at radius 3 is 1.61 bits per heavy atom. The lowest BCUT2D eigenvalue weighted by atomic mass is 9.99. The average Bonchev–Trinajstić information content (AvgIpc) is 2.53. The molecule has 1 unspecified atom stereocenters. The fourth-order valence-electron chi connectivity index (χ4n) is 2.14. The second-order valence-corrected chi connectivity index (χ2v) is 8.70. The van der Waals surface area contributed by atoms with Crippen LogP contribution in [0.4, 0.5) is 0 Å². The Kier molecular flexibility index (Phi) is 4.93. The minimum atomic E-state index is -4.34. The summed E-state index contributed by atoms with van der Waals surface area (Å²) in [6, 6.07) is 11.1. The number of benzene rings is 2. The lowest BCUT2D eigenvalue weighted by molar-refractivity contribution is 0.483. The highest BCUT2D eigenvalue weighted by Crippen LogP contribution is 2.25. The summed E-state index contributed by atoms with van der Waals surface area (Å²) in [6.45, 7) is 4.13. The van der Waals surface area contributed by atoms with Gasteiger partial charge in [0, 0.05) is 0 Å². The van der Waals surface area contributed by atoms with Crippen LogP contribution in [0.3, 0.4) is 0 Å². The van der Waals surface area contributed by atoms with E-state index in [-0.39, 0.29) is 14.7 Å². The molecule has 23 heavy (non-hydrogen) atoms. The molecule has 0 aliphatic rings. The van der Waals surface area contributed by atoms with E-state index in [1.807, 2.05) is 0 Å². The predicted octanol–water partition coefficient (Wildman–Crippen LogP) is 3.28. The van der Waals surface area contributed by atoms with E-state index in [1.54, 1.807) is 24.3 Å². The minimum Gasteiger partial charge on any atom is -0.282 e. The van der Waals surface area contributed by atoms with Gasteiger partial charge in [0.15, 0.2) is 0 Å². The molecule has 2 aromatic rings.